The third-order valence-electron chi connectivity index (χ3n) is 4.24. The number of hydrogen-bond donors (Lipinski definition) is 2. The van der Waals surface area contributed by atoms with Crippen LogP contribution in [-0.4, -0.2) is 66.3 Å². The molecular weight excluding hydrogens is 278 g/mol. The number of aromatic amines is 1. The van der Waals surface area contributed by atoms with E-state index >= 15 is 0 Å². The summed E-state index contributed by atoms with van der Waals surface area (Å²) >= 11 is 0. The summed E-state index contributed by atoms with van der Waals surface area (Å²) in [7, 11) is 5.93. The zero-order valence-electron chi connectivity index (χ0n) is 14.9. The fourth-order valence-corrected chi connectivity index (χ4v) is 2.57. The normalized spacial score (nSPS) is 12.5. The highest BCUT2D eigenvalue weighted by Gasteiger charge is 2.13. The Hall–Kier alpha value is -1.56. The smallest absolute Gasteiger partial charge is 0.317 e. The Labute approximate surface area is 134 Å². The van der Waals surface area contributed by atoms with Crippen molar-refractivity contribution in [2.24, 2.45) is 0 Å². The zero-order chi connectivity index (χ0) is 16.7. The fourth-order valence-electron chi connectivity index (χ4n) is 2.57. The molecule has 0 radical (unpaired) electrons. The molecule has 0 aromatic carbocycles. The van der Waals surface area contributed by atoms with Gasteiger partial charge in [-0.25, -0.2) is 4.79 Å². The van der Waals surface area contributed by atoms with Gasteiger partial charge in [-0.2, -0.15) is 5.10 Å². The average Bonchev–Trinajstić information content (AvgIpc) is 2.78. The van der Waals surface area contributed by atoms with Gasteiger partial charge in [0.15, 0.2) is 0 Å². The highest BCUT2D eigenvalue weighted by molar-refractivity contribution is 5.73. The van der Waals surface area contributed by atoms with Gasteiger partial charge in [0.05, 0.1) is 5.69 Å². The quantitative estimate of drug-likeness (QED) is 0.771. The molecule has 0 bridgehead atoms. The second kappa shape index (κ2) is 8.78. The second-order valence-corrected chi connectivity index (χ2v) is 6.15. The Kier molecular flexibility index (Phi) is 7.38. The highest BCUT2D eigenvalue weighted by Crippen LogP contribution is 2.11. The number of hydrogen-bond acceptors (Lipinski definition) is 3. The number of aromatic nitrogens is 2. The molecule has 2 amide bonds. The minimum Gasteiger partial charge on any atom is -0.336 e. The molecule has 1 heterocycles. The molecule has 126 valence electrons. The van der Waals surface area contributed by atoms with E-state index in [1.807, 2.05) is 35.0 Å². The number of aryl methyl sites for hydroxylation is 2. The largest absolute Gasteiger partial charge is 0.336 e. The van der Waals surface area contributed by atoms with Crippen molar-refractivity contribution < 1.29 is 4.79 Å². The molecule has 0 saturated heterocycles. The van der Waals surface area contributed by atoms with Crippen LogP contribution in [-0.2, 0) is 6.42 Å². The van der Waals surface area contributed by atoms with Gasteiger partial charge in [0.25, 0.3) is 0 Å². The minimum absolute atomic E-state index is 0.000868. The monoisotopic (exact) mass is 309 g/mol. The van der Waals surface area contributed by atoms with Gasteiger partial charge in [0, 0.05) is 31.9 Å². The van der Waals surface area contributed by atoms with Crippen LogP contribution in [0.15, 0.2) is 0 Å². The van der Waals surface area contributed by atoms with Crippen molar-refractivity contribution in [3.63, 3.8) is 0 Å². The molecule has 0 saturated carbocycles. The molecule has 1 unspecified atom stereocenters. The third kappa shape index (κ3) is 5.33. The van der Waals surface area contributed by atoms with Crippen LogP contribution in [0.4, 0.5) is 4.79 Å². The van der Waals surface area contributed by atoms with Crippen LogP contribution in [0.3, 0.4) is 0 Å². The predicted molar refractivity (Wildman–Crippen MR) is 90.2 cm³/mol. The van der Waals surface area contributed by atoms with E-state index < -0.39 is 0 Å². The van der Waals surface area contributed by atoms with Crippen molar-refractivity contribution in [1.82, 2.24) is 25.3 Å². The lowest BCUT2D eigenvalue weighted by molar-refractivity contribution is 0.201. The van der Waals surface area contributed by atoms with Gasteiger partial charge in [0.2, 0.25) is 0 Å². The Morgan fingerprint density at radius 2 is 2.00 bits per heavy atom. The van der Waals surface area contributed by atoms with Gasteiger partial charge in [-0.1, -0.05) is 6.92 Å². The van der Waals surface area contributed by atoms with Gasteiger partial charge in [-0.3, -0.25) is 5.10 Å². The number of nitrogens with zero attached hydrogens (tertiary/aromatic N) is 3. The van der Waals surface area contributed by atoms with Gasteiger partial charge in [0.1, 0.15) is 0 Å². The molecule has 2 N–H and O–H groups in total. The lowest BCUT2D eigenvalue weighted by Gasteiger charge is -2.25. The molecule has 1 aromatic rings. The lowest BCUT2D eigenvalue weighted by Crippen LogP contribution is -2.44. The van der Waals surface area contributed by atoms with Crippen LogP contribution in [0.25, 0.3) is 0 Å². The summed E-state index contributed by atoms with van der Waals surface area (Å²) in [5, 5.41) is 10.2. The molecule has 22 heavy (non-hydrogen) atoms. The van der Waals surface area contributed by atoms with Crippen LogP contribution in [0, 0.1) is 13.8 Å². The minimum atomic E-state index is 0.000868. The Balaban J connectivity index is 2.32. The zero-order valence-corrected chi connectivity index (χ0v) is 14.9. The van der Waals surface area contributed by atoms with E-state index in [0.717, 1.165) is 37.2 Å². The maximum Gasteiger partial charge on any atom is 0.317 e. The van der Waals surface area contributed by atoms with E-state index in [0.29, 0.717) is 12.6 Å². The number of carbonyl (C=O) groups is 1. The Bertz CT molecular complexity index is 450. The molecule has 1 atom stereocenters. The number of nitrogens with one attached hydrogen (secondary N) is 2. The van der Waals surface area contributed by atoms with Crippen LogP contribution in [0.5, 0.6) is 0 Å². The van der Waals surface area contributed by atoms with E-state index in [2.05, 4.69) is 27.3 Å². The lowest BCUT2D eigenvalue weighted by atomic mass is 10.1. The molecule has 6 heteroatoms. The standard InChI is InChI=1S/C16H31N5O/c1-7-14(20(4)5)11-17-16(22)21(6)10-8-9-15-12(2)18-19-13(15)3/h14H,7-11H2,1-6H3,(H,17,22)(H,18,19). The number of amides is 2. The first-order valence-corrected chi connectivity index (χ1v) is 8.02. The summed E-state index contributed by atoms with van der Waals surface area (Å²) in [6.45, 7) is 7.62. The van der Waals surface area contributed by atoms with E-state index in [4.69, 9.17) is 0 Å². The van der Waals surface area contributed by atoms with Gasteiger partial charge < -0.3 is 15.1 Å². The summed E-state index contributed by atoms with van der Waals surface area (Å²) in [5.74, 6) is 0. The van der Waals surface area contributed by atoms with E-state index in [-0.39, 0.29) is 6.03 Å². The van der Waals surface area contributed by atoms with Crippen LogP contribution >= 0.6 is 0 Å². The topological polar surface area (TPSA) is 64.3 Å². The third-order valence-corrected chi connectivity index (χ3v) is 4.24. The summed E-state index contributed by atoms with van der Waals surface area (Å²) in [6.07, 6.45) is 2.91. The first-order valence-electron chi connectivity index (χ1n) is 8.02. The number of carbonyl (C=O) groups excluding carboxylic acids is 1. The highest BCUT2D eigenvalue weighted by atomic mass is 16.2. The maximum atomic E-state index is 12.1. The summed E-state index contributed by atoms with van der Waals surface area (Å²) in [5.41, 5.74) is 3.45. The number of urea groups is 1. The summed E-state index contributed by atoms with van der Waals surface area (Å²) in [6, 6.07) is 0.384. The van der Waals surface area contributed by atoms with Gasteiger partial charge >= 0.3 is 6.03 Å². The molecular formula is C16H31N5O. The molecule has 6 nitrogen and oxygen atoms in total. The predicted octanol–water partition coefficient (Wildman–Crippen LogP) is 1.94. The Morgan fingerprint density at radius 1 is 1.32 bits per heavy atom. The average molecular weight is 309 g/mol. The van der Waals surface area contributed by atoms with Crippen molar-refractivity contribution in [1.29, 1.82) is 0 Å². The SMILES string of the molecule is CCC(CNC(=O)N(C)CCCc1c(C)n[nH]c1C)N(C)C. The first-order chi connectivity index (χ1) is 10.4. The van der Waals surface area contributed by atoms with E-state index in [1.54, 1.807) is 4.90 Å². The van der Waals surface area contributed by atoms with Crippen molar-refractivity contribution in [2.75, 3.05) is 34.2 Å². The number of likely N-dealkylation sites (N-methyl/N-ethyl adjacent to an activating group) is 1. The summed E-state index contributed by atoms with van der Waals surface area (Å²) in [4.78, 5) is 16.0. The summed E-state index contributed by atoms with van der Waals surface area (Å²) < 4.78 is 0. The molecule has 0 aliphatic heterocycles. The molecule has 0 aliphatic rings. The second-order valence-electron chi connectivity index (χ2n) is 6.15. The molecule has 0 aliphatic carbocycles. The number of rotatable bonds is 8. The van der Waals surface area contributed by atoms with E-state index in [9.17, 15) is 4.79 Å². The van der Waals surface area contributed by atoms with Crippen LogP contribution in [0.2, 0.25) is 0 Å². The van der Waals surface area contributed by atoms with Crippen LogP contribution in [0.1, 0.15) is 36.7 Å². The fraction of sp³-hybridized carbons (Fsp3) is 0.750. The van der Waals surface area contributed by atoms with E-state index in [1.165, 1.54) is 5.56 Å². The molecule has 1 rings (SSSR count). The Morgan fingerprint density at radius 3 is 2.50 bits per heavy atom. The molecule has 0 fully saturated rings. The van der Waals surface area contributed by atoms with Crippen molar-refractivity contribution in [2.45, 2.75) is 46.1 Å². The molecule has 1 aromatic heterocycles. The van der Waals surface area contributed by atoms with Crippen molar-refractivity contribution in [3.05, 3.63) is 17.0 Å². The van der Waals surface area contributed by atoms with Gasteiger partial charge in [-0.05, 0) is 52.8 Å². The van der Waals surface area contributed by atoms with Crippen molar-refractivity contribution in [3.8, 4) is 0 Å². The van der Waals surface area contributed by atoms with Crippen LogP contribution < -0.4 is 5.32 Å². The maximum absolute atomic E-state index is 12.1. The van der Waals surface area contributed by atoms with Gasteiger partial charge in [-0.15, -0.1) is 0 Å². The molecule has 0 spiro atoms. The number of H-pyrrole nitrogens is 1. The first kappa shape index (κ1) is 18.5. The van der Waals surface area contributed by atoms with Crippen molar-refractivity contribution >= 4 is 6.03 Å².